The third-order valence-electron chi connectivity index (χ3n) is 1.82. The lowest BCUT2D eigenvalue weighted by atomic mass is 10.1. The van der Waals surface area contributed by atoms with Crippen LogP contribution in [0.1, 0.15) is 12.5 Å². The first-order chi connectivity index (χ1) is 5.83. The molecule has 0 N–H and O–H groups in total. The molecule has 0 radical (unpaired) electrons. The summed E-state index contributed by atoms with van der Waals surface area (Å²) in [5.41, 5.74) is 2.58. The second-order valence-corrected chi connectivity index (χ2v) is 2.84. The summed E-state index contributed by atoms with van der Waals surface area (Å²) in [5.74, 6) is 0. The van der Waals surface area contributed by atoms with Crippen molar-refractivity contribution < 1.29 is 0 Å². The lowest BCUT2D eigenvalue weighted by Gasteiger charge is -1.95. The molecule has 0 aliphatic carbocycles. The van der Waals surface area contributed by atoms with Gasteiger partial charge in [0.15, 0.2) is 0 Å². The number of allylic oxidation sites excluding steroid dienone is 3. The molecule has 1 aromatic carbocycles. The molecule has 1 aromatic rings. The third kappa shape index (κ3) is 2.75. The molecule has 0 heteroatoms. The van der Waals surface area contributed by atoms with Gasteiger partial charge in [-0.1, -0.05) is 54.6 Å². The Bertz CT molecular complexity index is 267. The predicted octanol–water partition coefficient (Wildman–Crippen LogP) is 3.36. The normalized spacial score (nSPS) is 11.2. The van der Waals surface area contributed by atoms with Crippen molar-refractivity contribution in [1.82, 2.24) is 0 Å². The van der Waals surface area contributed by atoms with E-state index in [1.54, 1.807) is 0 Å². The highest BCUT2D eigenvalue weighted by Crippen LogP contribution is 2.02. The Balaban J connectivity index is 2.60. The third-order valence-corrected chi connectivity index (χ3v) is 1.82. The summed E-state index contributed by atoms with van der Waals surface area (Å²) < 4.78 is 0. The van der Waals surface area contributed by atoms with E-state index in [1.165, 1.54) is 11.1 Å². The van der Waals surface area contributed by atoms with E-state index in [-0.39, 0.29) is 0 Å². The minimum Gasteiger partial charge on any atom is -0.0988 e. The van der Waals surface area contributed by atoms with E-state index in [2.05, 4.69) is 43.8 Å². The van der Waals surface area contributed by atoms with E-state index in [9.17, 15) is 0 Å². The Labute approximate surface area is 74.2 Å². The van der Waals surface area contributed by atoms with Crippen LogP contribution in [-0.2, 0) is 6.42 Å². The van der Waals surface area contributed by atoms with Crippen molar-refractivity contribution in [2.24, 2.45) is 0 Å². The van der Waals surface area contributed by atoms with E-state index in [0.717, 1.165) is 6.42 Å². The van der Waals surface area contributed by atoms with Crippen LogP contribution < -0.4 is 0 Å². The SMILES string of the molecule is C=C/C(C)=C/Cc1ccccc1. The first-order valence-electron chi connectivity index (χ1n) is 4.16. The van der Waals surface area contributed by atoms with Gasteiger partial charge in [0.2, 0.25) is 0 Å². The van der Waals surface area contributed by atoms with Gasteiger partial charge in [0.05, 0.1) is 0 Å². The maximum absolute atomic E-state index is 3.70. The predicted molar refractivity (Wildman–Crippen MR) is 54.1 cm³/mol. The number of hydrogen-bond donors (Lipinski definition) is 0. The summed E-state index contributed by atoms with van der Waals surface area (Å²) in [5, 5.41) is 0. The molecule has 62 valence electrons. The van der Waals surface area contributed by atoms with E-state index in [1.807, 2.05) is 12.1 Å². The van der Waals surface area contributed by atoms with Crippen molar-refractivity contribution >= 4 is 0 Å². The van der Waals surface area contributed by atoms with Crippen molar-refractivity contribution in [2.75, 3.05) is 0 Å². The van der Waals surface area contributed by atoms with Gasteiger partial charge in [-0.05, 0) is 18.9 Å². The Morgan fingerprint density at radius 3 is 2.58 bits per heavy atom. The zero-order valence-electron chi connectivity index (χ0n) is 7.46. The van der Waals surface area contributed by atoms with Gasteiger partial charge < -0.3 is 0 Å². The lowest BCUT2D eigenvalue weighted by Crippen LogP contribution is -1.79. The first-order valence-corrected chi connectivity index (χ1v) is 4.16. The molecular weight excluding hydrogens is 144 g/mol. The summed E-state index contributed by atoms with van der Waals surface area (Å²) in [6, 6.07) is 10.4. The molecule has 0 fully saturated rings. The summed E-state index contributed by atoms with van der Waals surface area (Å²) >= 11 is 0. The van der Waals surface area contributed by atoms with E-state index in [0.29, 0.717) is 0 Å². The average Bonchev–Trinajstić information content (AvgIpc) is 2.16. The number of rotatable bonds is 3. The molecule has 1 rings (SSSR count). The van der Waals surface area contributed by atoms with Crippen LogP contribution in [0, 0.1) is 0 Å². The smallest absolute Gasteiger partial charge is 0.00917 e. The molecule has 0 amide bonds. The fourth-order valence-corrected chi connectivity index (χ4v) is 0.976. The van der Waals surface area contributed by atoms with E-state index < -0.39 is 0 Å². The molecule has 12 heavy (non-hydrogen) atoms. The minimum atomic E-state index is 0.999. The van der Waals surface area contributed by atoms with Crippen LogP contribution in [0.15, 0.2) is 54.6 Å². The largest absolute Gasteiger partial charge is 0.0988 e. The van der Waals surface area contributed by atoms with E-state index in [4.69, 9.17) is 0 Å². The van der Waals surface area contributed by atoms with Crippen molar-refractivity contribution in [3.63, 3.8) is 0 Å². The quantitative estimate of drug-likeness (QED) is 0.592. The van der Waals surface area contributed by atoms with Crippen LogP contribution >= 0.6 is 0 Å². The van der Waals surface area contributed by atoms with Crippen molar-refractivity contribution in [3.05, 3.63) is 60.2 Å². The Morgan fingerprint density at radius 1 is 1.33 bits per heavy atom. The molecule has 0 bridgehead atoms. The second kappa shape index (κ2) is 4.55. The van der Waals surface area contributed by atoms with Gasteiger partial charge in [-0.25, -0.2) is 0 Å². The molecule has 0 atom stereocenters. The zero-order chi connectivity index (χ0) is 8.81. The van der Waals surface area contributed by atoms with Gasteiger partial charge in [-0.2, -0.15) is 0 Å². The maximum atomic E-state index is 3.70. The summed E-state index contributed by atoms with van der Waals surface area (Å²) in [6.07, 6.45) is 5.06. The van der Waals surface area contributed by atoms with Crippen LogP contribution in [0.4, 0.5) is 0 Å². The molecule has 0 unspecified atom stereocenters. The van der Waals surface area contributed by atoms with Gasteiger partial charge in [0.1, 0.15) is 0 Å². The van der Waals surface area contributed by atoms with Crippen LogP contribution in [-0.4, -0.2) is 0 Å². The van der Waals surface area contributed by atoms with Crippen molar-refractivity contribution in [2.45, 2.75) is 13.3 Å². The minimum absolute atomic E-state index is 0.999. The van der Waals surface area contributed by atoms with Crippen LogP contribution in [0.3, 0.4) is 0 Å². The Kier molecular flexibility index (Phi) is 3.34. The summed E-state index contributed by atoms with van der Waals surface area (Å²) in [7, 11) is 0. The summed E-state index contributed by atoms with van der Waals surface area (Å²) in [6.45, 7) is 5.77. The molecule has 0 saturated heterocycles. The van der Waals surface area contributed by atoms with Gasteiger partial charge in [-0.3, -0.25) is 0 Å². The molecular formula is C12H14. The van der Waals surface area contributed by atoms with Crippen molar-refractivity contribution in [3.8, 4) is 0 Å². The molecule has 0 saturated carbocycles. The second-order valence-electron chi connectivity index (χ2n) is 2.84. The van der Waals surface area contributed by atoms with Gasteiger partial charge in [0.25, 0.3) is 0 Å². The highest BCUT2D eigenvalue weighted by molar-refractivity contribution is 5.21. The van der Waals surface area contributed by atoms with Crippen LogP contribution in [0.25, 0.3) is 0 Å². The van der Waals surface area contributed by atoms with Crippen LogP contribution in [0.5, 0.6) is 0 Å². The fraction of sp³-hybridized carbons (Fsp3) is 0.167. The molecule has 0 aliphatic heterocycles. The molecule has 0 aliphatic rings. The fourth-order valence-electron chi connectivity index (χ4n) is 0.976. The molecule has 0 heterocycles. The van der Waals surface area contributed by atoms with Gasteiger partial charge in [0, 0.05) is 0 Å². The number of benzene rings is 1. The highest BCUT2D eigenvalue weighted by atomic mass is 13.9. The van der Waals surface area contributed by atoms with Crippen LogP contribution in [0.2, 0.25) is 0 Å². The molecule has 0 nitrogen and oxygen atoms in total. The first kappa shape index (κ1) is 8.79. The monoisotopic (exact) mass is 158 g/mol. The Hall–Kier alpha value is -1.30. The summed E-state index contributed by atoms with van der Waals surface area (Å²) in [4.78, 5) is 0. The van der Waals surface area contributed by atoms with Gasteiger partial charge in [-0.15, -0.1) is 0 Å². The number of hydrogen-bond acceptors (Lipinski definition) is 0. The van der Waals surface area contributed by atoms with Gasteiger partial charge >= 0.3 is 0 Å². The average molecular weight is 158 g/mol. The molecule has 0 spiro atoms. The highest BCUT2D eigenvalue weighted by Gasteiger charge is 1.86. The maximum Gasteiger partial charge on any atom is -0.00917 e. The Morgan fingerprint density at radius 2 is 2.00 bits per heavy atom. The van der Waals surface area contributed by atoms with E-state index >= 15 is 0 Å². The standard InChI is InChI=1S/C12H14/c1-3-11(2)9-10-12-7-5-4-6-8-12/h3-9H,1,10H2,2H3/b11-9+. The van der Waals surface area contributed by atoms with Crippen molar-refractivity contribution in [1.29, 1.82) is 0 Å². The zero-order valence-corrected chi connectivity index (χ0v) is 7.46. The molecule has 0 aromatic heterocycles. The lowest BCUT2D eigenvalue weighted by molar-refractivity contribution is 1.24. The topological polar surface area (TPSA) is 0 Å².